The predicted octanol–water partition coefficient (Wildman–Crippen LogP) is 2.60. The van der Waals surface area contributed by atoms with Gasteiger partial charge in [-0.2, -0.15) is 16.7 Å². The molecule has 0 aliphatic carbocycles. The van der Waals surface area contributed by atoms with E-state index in [1.54, 1.807) is 11.8 Å². The van der Waals surface area contributed by atoms with Gasteiger partial charge in [-0.15, -0.1) is 0 Å². The van der Waals surface area contributed by atoms with Crippen LogP contribution in [-0.2, 0) is 0 Å². The molecule has 1 heterocycles. The first kappa shape index (κ1) is 14.0. The van der Waals surface area contributed by atoms with Crippen LogP contribution in [-0.4, -0.2) is 34.6 Å². The average molecular weight is 258 g/mol. The summed E-state index contributed by atoms with van der Waals surface area (Å²) in [4.78, 5) is 7.92. The van der Waals surface area contributed by atoms with Crippen molar-refractivity contribution in [2.24, 2.45) is 0 Å². The predicted molar refractivity (Wildman–Crippen MR) is 72.2 cm³/mol. The Morgan fingerprint density at radius 3 is 2.88 bits per heavy atom. The summed E-state index contributed by atoms with van der Waals surface area (Å²) in [5.74, 6) is 0.307. The molecule has 0 bridgehead atoms. The van der Waals surface area contributed by atoms with Crippen LogP contribution in [0.5, 0.6) is 0 Å². The fourth-order valence-electron chi connectivity index (χ4n) is 1.25. The lowest BCUT2D eigenvalue weighted by molar-refractivity contribution is 0.616. The van der Waals surface area contributed by atoms with E-state index >= 15 is 0 Å². The van der Waals surface area contributed by atoms with E-state index in [0.717, 1.165) is 6.42 Å². The number of nitrogens with zero attached hydrogens (tertiary/aromatic N) is 2. The van der Waals surface area contributed by atoms with E-state index in [4.69, 9.17) is 0 Å². The molecule has 0 aromatic carbocycles. The van der Waals surface area contributed by atoms with Crippen LogP contribution in [0.2, 0.25) is 0 Å². The van der Waals surface area contributed by atoms with Crippen molar-refractivity contribution in [3.05, 3.63) is 12.0 Å². The molecule has 0 aliphatic rings. The Bertz CT molecular complexity index is 348. The topological polar surface area (TPSA) is 49.8 Å². The molecule has 0 fully saturated rings. The fourth-order valence-corrected chi connectivity index (χ4v) is 1.60. The number of anilines is 2. The molecule has 6 heteroatoms. The first-order valence-electron chi connectivity index (χ1n) is 5.70. The Kier molecular flexibility index (Phi) is 6.04. The third-order valence-corrected chi connectivity index (χ3v) is 3.37. The van der Waals surface area contributed by atoms with Crippen molar-refractivity contribution in [3.63, 3.8) is 0 Å². The maximum atomic E-state index is 13.4. The molecule has 0 radical (unpaired) electrons. The average Bonchev–Trinajstić information content (AvgIpc) is 2.33. The standard InChI is InChI=1S/C11H19FN4S/c1-4-13-11-15-7-9(12)10(16-11)14-6-5-8(2)17-3/h7-8H,4-6H2,1-3H3,(H2,13,14,15,16). The van der Waals surface area contributed by atoms with Gasteiger partial charge in [0, 0.05) is 18.3 Å². The highest BCUT2D eigenvalue weighted by Gasteiger charge is 2.06. The van der Waals surface area contributed by atoms with E-state index in [9.17, 15) is 4.39 Å². The summed E-state index contributed by atoms with van der Waals surface area (Å²) in [5.41, 5.74) is 0. The monoisotopic (exact) mass is 258 g/mol. The van der Waals surface area contributed by atoms with Crippen LogP contribution in [0.1, 0.15) is 20.3 Å². The summed E-state index contributed by atoms with van der Waals surface area (Å²) in [6.07, 6.45) is 4.23. The SMILES string of the molecule is CCNc1ncc(F)c(NCCC(C)SC)n1. The second-order valence-electron chi connectivity index (χ2n) is 3.68. The number of halogens is 1. The zero-order valence-electron chi connectivity index (χ0n) is 10.5. The normalized spacial score (nSPS) is 12.2. The Morgan fingerprint density at radius 2 is 2.24 bits per heavy atom. The molecular formula is C11H19FN4S. The number of hydrogen-bond acceptors (Lipinski definition) is 5. The summed E-state index contributed by atoms with van der Waals surface area (Å²) < 4.78 is 13.4. The Labute approximate surface area is 106 Å². The van der Waals surface area contributed by atoms with Crippen LogP contribution in [0, 0.1) is 5.82 Å². The molecule has 1 aromatic heterocycles. The number of hydrogen-bond donors (Lipinski definition) is 2. The molecule has 0 aliphatic heterocycles. The molecule has 17 heavy (non-hydrogen) atoms. The molecule has 1 unspecified atom stereocenters. The van der Waals surface area contributed by atoms with Crippen molar-refractivity contribution in [1.29, 1.82) is 0 Å². The van der Waals surface area contributed by atoms with Crippen LogP contribution in [0.25, 0.3) is 0 Å². The van der Waals surface area contributed by atoms with E-state index in [1.807, 2.05) is 6.92 Å². The van der Waals surface area contributed by atoms with E-state index < -0.39 is 5.82 Å². The maximum Gasteiger partial charge on any atom is 0.224 e. The van der Waals surface area contributed by atoms with E-state index in [0.29, 0.717) is 24.3 Å². The van der Waals surface area contributed by atoms with Gasteiger partial charge in [-0.25, -0.2) is 9.37 Å². The second-order valence-corrected chi connectivity index (χ2v) is 4.96. The van der Waals surface area contributed by atoms with Crippen LogP contribution < -0.4 is 10.6 Å². The lowest BCUT2D eigenvalue weighted by atomic mass is 10.3. The lowest BCUT2D eigenvalue weighted by Crippen LogP contribution is -2.12. The van der Waals surface area contributed by atoms with Crippen molar-refractivity contribution in [2.45, 2.75) is 25.5 Å². The van der Waals surface area contributed by atoms with Crippen molar-refractivity contribution < 1.29 is 4.39 Å². The van der Waals surface area contributed by atoms with Crippen molar-refractivity contribution in [1.82, 2.24) is 9.97 Å². The summed E-state index contributed by atoms with van der Waals surface area (Å²) in [6.45, 7) is 5.52. The minimum atomic E-state index is -0.413. The van der Waals surface area contributed by atoms with Crippen LogP contribution in [0.3, 0.4) is 0 Å². The van der Waals surface area contributed by atoms with Crippen LogP contribution in [0.15, 0.2) is 6.20 Å². The van der Waals surface area contributed by atoms with Gasteiger partial charge in [0.25, 0.3) is 0 Å². The number of aromatic nitrogens is 2. The summed E-state index contributed by atoms with van der Waals surface area (Å²) in [6, 6.07) is 0. The number of rotatable bonds is 7. The zero-order valence-corrected chi connectivity index (χ0v) is 11.3. The largest absolute Gasteiger partial charge is 0.367 e. The van der Waals surface area contributed by atoms with Crippen molar-refractivity contribution in [3.8, 4) is 0 Å². The summed E-state index contributed by atoms with van der Waals surface area (Å²) in [7, 11) is 0. The van der Waals surface area contributed by atoms with Gasteiger partial charge in [-0.05, 0) is 19.6 Å². The Morgan fingerprint density at radius 1 is 1.47 bits per heavy atom. The first-order valence-corrected chi connectivity index (χ1v) is 6.99. The molecule has 0 saturated heterocycles. The number of thioether (sulfide) groups is 1. The van der Waals surface area contributed by atoms with E-state index in [1.165, 1.54) is 6.20 Å². The van der Waals surface area contributed by atoms with Crippen molar-refractivity contribution in [2.75, 3.05) is 30.0 Å². The molecule has 1 rings (SSSR count). The Hall–Kier alpha value is -1.04. The Balaban J connectivity index is 2.54. The summed E-state index contributed by atoms with van der Waals surface area (Å²) >= 11 is 1.80. The highest BCUT2D eigenvalue weighted by Crippen LogP contribution is 2.13. The van der Waals surface area contributed by atoms with Gasteiger partial charge in [0.15, 0.2) is 11.6 Å². The minimum Gasteiger partial charge on any atom is -0.367 e. The van der Waals surface area contributed by atoms with Crippen LogP contribution >= 0.6 is 11.8 Å². The van der Waals surface area contributed by atoms with Crippen LogP contribution in [0.4, 0.5) is 16.2 Å². The fraction of sp³-hybridized carbons (Fsp3) is 0.636. The quantitative estimate of drug-likeness (QED) is 0.787. The van der Waals surface area contributed by atoms with Crippen molar-refractivity contribution >= 4 is 23.5 Å². The molecule has 96 valence electrons. The lowest BCUT2D eigenvalue weighted by Gasteiger charge is -2.11. The van der Waals surface area contributed by atoms with Gasteiger partial charge in [0.2, 0.25) is 5.95 Å². The molecule has 0 saturated carbocycles. The molecule has 0 spiro atoms. The minimum absolute atomic E-state index is 0.268. The van der Waals surface area contributed by atoms with Gasteiger partial charge in [-0.1, -0.05) is 6.92 Å². The summed E-state index contributed by atoms with van der Waals surface area (Å²) in [5, 5.41) is 6.51. The van der Waals surface area contributed by atoms with Gasteiger partial charge in [-0.3, -0.25) is 0 Å². The van der Waals surface area contributed by atoms with Gasteiger partial charge in [0.05, 0.1) is 6.20 Å². The smallest absolute Gasteiger partial charge is 0.224 e. The number of nitrogens with one attached hydrogen (secondary N) is 2. The highest BCUT2D eigenvalue weighted by atomic mass is 32.2. The van der Waals surface area contributed by atoms with Gasteiger partial charge >= 0.3 is 0 Å². The molecule has 2 N–H and O–H groups in total. The van der Waals surface area contributed by atoms with E-state index in [-0.39, 0.29) is 5.82 Å². The molecular weight excluding hydrogens is 239 g/mol. The molecule has 0 amide bonds. The molecule has 1 atom stereocenters. The molecule has 4 nitrogen and oxygen atoms in total. The molecule has 1 aromatic rings. The second kappa shape index (κ2) is 7.32. The van der Waals surface area contributed by atoms with Gasteiger partial charge < -0.3 is 10.6 Å². The maximum absolute atomic E-state index is 13.4. The third-order valence-electron chi connectivity index (χ3n) is 2.32. The van der Waals surface area contributed by atoms with E-state index in [2.05, 4.69) is 33.8 Å². The zero-order chi connectivity index (χ0) is 12.7. The highest BCUT2D eigenvalue weighted by molar-refractivity contribution is 7.99. The first-order chi connectivity index (χ1) is 8.17. The van der Waals surface area contributed by atoms with Gasteiger partial charge in [0.1, 0.15) is 0 Å². The third kappa shape index (κ3) is 4.77.